The minimum atomic E-state index is -0.0895. The number of urea groups is 1. The summed E-state index contributed by atoms with van der Waals surface area (Å²) >= 11 is 17.8. The quantitative estimate of drug-likeness (QED) is 0.252. The van der Waals surface area contributed by atoms with Gasteiger partial charge in [-0.15, -0.1) is 0 Å². The molecule has 1 heterocycles. The molecule has 1 fully saturated rings. The molecular formula is C33H42Cl3N5O2. The Kier molecular flexibility index (Phi) is 13.9. The average molecular weight is 647 g/mol. The molecular weight excluding hydrogens is 605 g/mol. The molecule has 0 spiro atoms. The summed E-state index contributed by atoms with van der Waals surface area (Å²) in [5, 5.41) is 4.74. The van der Waals surface area contributed by atoms with E-state index in [1.54, 1.807) is 42.1 Å². The largest absolute Gasteiger partial charge is 0.369 e. The molecule has 4 rings (SSSR count). The molecule has 0 saturated carbocycles. The fourth-order valence-corrected chi connectivity index (χ4v) is 5.41. The van der Waals surface area contributed by atoms with Crippen LogP contribution in [-0.2, 0) is 6.54 Å². The smallest absolute Gasteiger partial charge is 0.317 e. The predicted octanol–water partition coefficient (Wildman–Crippen LogP) is 7.09. The van der Waals surface area contributed by atoms with Gasteiger partial charge in [-0.05, 0) is 67.8 Å². The van der Waals surface area contributed by atoms with Crippen LogP contribution in [0, 0.1) is 6.92 Å². The number of unbranched alkanes of at least 4 members (excludes halogenated alkanes) is 1. The maximum absolute atomic E-state index is 12.6. The molecule has 1 N–H and O–H groups in total. The Morgan fingerprint density at radius 3 is 2.07 bits per heavy atom. The fraction of sp³-hybridized carbons (Fsp3) is 0.394. The van der Waals surface area contributed by atoms with Crippen molar-refractivity contribution in [3.8, 4) is 0 Å². The van der Waals surface area contributed by atoms with E-state index in [0.717, 1.165) is 61.7 Å². The molecule has 1 aliphatic rings. The highest BCUT2D eigenvalue weighted by atomic mass is 35.5. The monoisotopic (exact) mass is 645 g/mol. The van der Waals surface area contributed by atoms with E-state index in [0.29, 0.717) is 28.7 Å². The molecule has 43 heavy (non-hydrogen) atoms. The van der Waals surface area contributed by atoms with Crippen molar-refractivity contribution >= 4 is 52.4 Å². The first-order valence-electron chi connectivity index (χ1n) is 14.5. The van der Waals surface area contributed by atoms with Crippen LogP contribution in [0.3, 0.4) is 0 Å². The number of halogens is 3. The van der Waals surface area contributed by atoms with Crippen molar-refractivity contribution in [2.45, 2.75) is 26.3 Å². The third kappa shape index (κ3) is 11.2. The number of amides is 3. The summed E-state index contributed by atoms with van der Waals surface area (Å²) in [6.07, 6.45) is 1.96. The molecule has 0 atom stereocenters. The van der Waals surface area contributed by atoms with Crippen LogP contribution >= 0.6 is 34.8 Å². The standard InChI is InChI=1S/C26H35Cl2N5O2.C7H7Cl/c1-30(2)26(35)29-19-20-8-4-5-9-24(20)33-14-12-32(13-15-33)11-7-6-10-31(3)25(34)21-16-22(27)18-23(28)17-21;1-6-4-2-3-5-7(6)8/h4-5,8-9,16-18H,6-7,10-15,19H2,1-3H3,(H,29,35);2-5H,1H3. The molecule has 7 nitrogen and oxygen atoms in total. The van der Waals surface area contributed by atoms with Crippen molar-refractivity contribution in [3.63, 3.8) is 0 Å². The average Bonchev–Trinajstić information content (AvgIpc) is 2.99. The molecule has 0 aromatic heterocycles. The minimum absolute atomic E-state index is 0.0662. The predicted molar refractivity (Wildman–Crippen MR) is 180 cm³/mol. The van der Waals surface area contributed by atoms with E-state index in [-0.39, 0.29) is 11.9 Å². The molecule has 3 aromatic carbocycles. The van der Waals surface area contributed by atoms with Gasteiger partial charge in [0, 0.05) is 86.7 Å². The normalized spacial score (nSPS) is 13.1. The zero-order valence-electron chi connectivity index (χ0n) is 25.5. The van der Waals surface area contributed by atoms with Gasteiger partial charge < -0.3 is 20.0 Å². The van der Waals surface area contributed by atoms with Crippen LogP contribution in [0.2, 0.25) is 15.1 Å². The number of rotatable bonds is 9. The van der Waals surface area contributed by atoms with E-state index in [4.69, 9.17) is 34.8 Å². The number of benzene rings is 3. The van der Waals surface area contributed by atoms with Gasteiger partial charge in [-0.3, -0.25) is 9.69 Å². The maximum Gasteiger partial charge on any atom is 0.317 e. The highest BCUT2D eigenvalue weighted by Gasteiger charge is 2.19. The van der Waals surface area contributed by atoms with Crippen molar-refractivity contribution in [2.75, 3.05) is 65.3 Å². The van der Waals surface area contributed by atoms with Gasteiger partial charge in [-0.25, -0.2) is 4.79 Å². The number of hydrogen-bond donors (Lipinski definition) is 1. The number of carbonyl (C=O) groups excluding carboxylic acids is 2. The van der Waals surface area contributed by atoms with Gasteiger partial charge in [0.25, 0.3) is 5.91 Å². The van der Waals surface area contributed by atoms with Crippen LogP contribution in [0.4, 0.5) is 10.5 Å². The molecule has 0 bridgehead atoms. The van der Waals surface area contributed by atoms with Gasteiger partial charge in [0.1, 0.15) is 0 Å². The molecule has 1 saturated heterocycles. The Hall–Kier alpha value is -2.97. The first kappa shape index (κ1) is 34.5. The second-order valence-corrected chi connectivity index (χ2v) is 12.1. The van der Waals surface area contributed by atoms with E-state index >= 15 is 0 Å². The van der Waals surface area contributed by atoms with Crippen molar-refractivity contribution in [2.24, 2.45) is 0 Å². The van der Waals surface area contributed by atoms with Crippen LogP contribution in [0.15, 0.2) is 66.7 Å². The van der Waals surface area contributed by atoms with Crippen molar-refractivity contribution in [1.29, 1.82) is 0 Å². The van der Waals surface area contributed by atoms with E-state index in [1.165, 1.54) is 5.69 Å². The molecule has 3 aromatic rings. The zero-order chi connectivity index (χ0) is 31.4. The number of carbonyl (C=O) groups is 2. The SMILES string of the molecule is CN(C)C(=O)NCc1ccccc1N1CCN(CCCCN(C)C(=O)c2cc(Cl)cc(Cl)c2)CC1.Cc1ccccc1Cl. The minimum Gasteiger partial charge on any atom is -0.369 e. The second-order valence-electron chi connectivity index (χ2n) is 10.9. The molecule has 0 aliphatic carbocycles. The number of nitrogens with one attached hydrogen (secondary N) is 1. The maximum atomic E-state index is 12.6. The summed E-state index contributed by atoms with van der Waals surface area (Å²) in [5.74, 6) is -0.0662. The lowest BCUT2D eigenvalue weighted by molar-refractivity contribution is 0.0791. The summed E-state index contributed by atoms with van der Waals surface area (Å²) < 4.78 is 0. The molecule has 1 aliphatic heterocycles. The van der Waals surface area contributed by atoms with Crippen molar-refractivity contribution in [3.05, 3.63) is 98.5 Å². The van der Waals surface area contributed by atoms with Gasteiger partial charge >= 0.3 is 6.03 Å². The molecule has 10 heteroatoms. The van der Waals surface area contributed by atoms with E-state index in [2.05, 4.69) is 27.2 Å². The first-order chi connectivity index (χ1) is 20.5. The van der Waals surface area contributed by atoms with Crippen LogP contribution in [0.1, 0.15) is 34.3 Å². The Morgan fingerprint density at radius 2 is 1.47 bits per heavy atom. The summed E-state index contributed by atoms with van der Waals surface area (Å²) in [5.41, 5.74) is 3.97. The number of hydrogen-bond acceptors (Lipinski definition) is 4. The summed E-state index contributed by atoms with van der Waals surface area (Å²) in [6, 6.07) is 20.9. The van der Waals surface area contributed by atoms with Crippen LogP contribution in [0.25, 0.3) is 0 Å². The topological polar surface area (TPSA) is 59.1 Å². The summed E-state index contributed by atoms with van der Waals surface area (Å²) in [6.45, 7) is 8.10. The summed E-state index contributed by atoms with van der Waals surface area (Å²) in [4.78, 5) is 32.7. The zero-order valence-corrected chi connectivity index (χ0v) is 27.7. The number of anilines is 1. The number of aryl methyl sites for hydroxylation is 1. The third-order valence-corrected chi connectivity index (χ3v) is 8.15. The summed E-state index contributed by atoms with van der Waals surface area (Å²) in [7, 11) is 5.30. The fourth-order valence-electron chi connectivity index (χ4n) is 4.74. The molecule has 3 amide bonds. The molecule has 0 unspecified atom stereocenters. The number of para-hydroxylation sites is 1. The lowest BCUT2D eigenvalue weighted by Crippen LogP contribution is -2.47. The first-order valence-corrected chi connectivity index (χ1v) is 15.6. The second kappa shape index (κ2) is 17.4. The Morgan fingerprint density at radius 1 is 0.837 bits per heavy atom. The third-order valence-electron chi connectivity index (χ3n) is 7.29. The van der Waals surface area contributed by atoms with Crippen LogP contribution in [0.5, 0.6) is 0 Å². The van der Waals surface area contributed by atoms with Crippen molar-refractivity contribution in [1.82, 2.24) is 20.0 Å². The van der Waals surface area contributed by atoms with Gasteiger partial charge in [-0.1, -0.05) is 71.2 Å². The van der Waals surface area contributed by atoms with Gasteiger partial charge in [0.05, 0.1) is 0 Å². The lowest BCUT2D eigenvalue weighted by Gasteiger charge is -2.37. The molecule has 232 valence electrons. The van der Waals surface area contributed by atoms with E-state index in [9.17, 15) is 9.59 Å². The highest BCUT2D eigenvalue weighted by Crippen LogP contribution is 2.23. The van der Waals surface area contributed by atoms with Crippen LogP contribution < -0.4 is 10.2 Å². The van der Waals surface area contributed by atoms with Gasteiger partial charge in [0.2, 0.25) is 0 Å². The van der Waals surface area contributed by atoms with Gasteiger partial charge in [0.15, 0.2) is 0 Å². The Balaban J connectivity index is 0.000000546. The number of nitrogens with zero attached hydrogens (tertiary/aromatic N) is 4. The Bertz CT molecular complexity index is 1300. The Labute approximate surface area is 271 Å². The van der Waals surface area contributed by atoms with E-state index in [1.807, 2.05) is 50.4 Å². The van der Waals surface area contributed by atoms with Crippen LogP contribution in [-0.4, -0.2) is 87.0 Å². The van der Waals surface area contributed by atoms with E-state index < -0.39 is 0 Å². The highest BCUT2D eigenvalue weighted by molar-refractivity contribution is 6.35. The number of piperazine rings is 1. The lowest BCUT2D eigenvalue weighted by atomic mass is 10.1. The molecule has 0 radical (unpaired) electrons. The van der Waals surface area contributed by atoms with Crippen molar-refractivity contribution < 1.29 is 9.59 Å². The van der Waals surface area contributed by atoms with Gasteiger partial charge in [-0.2, -0.15) is 0 Å².